The largest absolute Gasteiger partial charge is 0.484 e. The van der Waals surface area contributed by atoms with Crippen LogP contribution in [0.3, 0.4) is 0 Å². The molecule has 0 amide bonds. The smallest absolute Gasteiger partial charge is 0.338 e. The maximum Gasteiger partial charge on any atom is 0.338 e. The Kier molecular flexibility index (Phi) is 4.72. The Labute approximate surface area is 155 Å². The van der Waals surface area contributed by atoms with Crippen LogP contribution in [-0.2, 0) is 14.2 Å². The van der Waals surface area contributed by atoms with E-state index in [9.17, 15) is 4.79 Å². The fraction of sp³-hybridized carbons (Fsp3) is 0.316. The highest BCUT2D eigenvalue weighted by molar-refractivity contribution is 6.32. The van der Waals surface area contributed by atoms with Crippen LogP contribution >= 0.6 is 11.6 Å². The molecule has 2 aromatic rings. The summed E-state index contributed by atoms with van der Waals surface area (Å²) in [4.78, 5) is 12.2. The van der Waals surface area contributed by atoms with E-state index in [4.69, 9.17) is 36.3 Å². The number of nitrogens with two attached hydrogens (primary N) is 1. The minimum Gasteiger partial charge on any atom is -0.484 e. The second-order valence-electron chi connectivity index (χ2n) is 6.25. The van der Waals surface area contributed by atoms with Crippen LogP contribution in [0.4, 0.5) is 5.69 Å². The van der Waals surface area contributed by atoms with E-state index in [0.29, 0.717) is 28.6 Å². The van der Waals surface area contributed by atoms with Crippen molar-refractivity contribution in [3.05, 3.63) is 59.1 Å². The lowest BCUT2D eigenvalue weighted by Gasteiger charge is -2.19. The van der Waals surface area contributed by atoms with Crippen molar-refractivity contribution >= 4 is 23.3 Å². The van der Waals surface area contributed by atoms with E-state index < -0.39 is 12.1 Å². The van der Waals surface area contributed by atoms with E-state index in [1.807, 2.05) is 6.07 Å². The standard InChI is InChI=1S/C19H18ClNO5/c20-13-8-12(21)6-7-14(13)25-15-9-23-18-16(10-24-17(15)18)26-19(22)11-4-2-1-3-5-11/h1-8,15-18H,9-10,21H2/t15?,16-,17+,18+/m0/s1. The van der Waals surface area contributed by atoms with Gasteiger partial charge in [0.05, 0.1) is 23.8 Å². The molecule has 2 aromatic carbocycles. The fourth-order valence-corrected chi connectivity index (χ4v) is 3.42. The van der Waals surface area contributed by atoms with Crippen LogP contribution in [0, 0.1) is 0 Å². The summed E-state index contributed by atoms with van der Waals surface area (Å²) < 4.78 is 23.1. The Bertz CT molecular complexity index is 800. The summed E-state index contributed by atoms with van der Waals surface area (Å²) in [5.74, 6) is 0.123. The van der Waals surface area contributed by atoms with Gasteiger partial charge in [0.15, 0.2) is 12.2 Å². The highest BCUT2D eigenvalue weighted by Crippen LogP contribution is 2.34. The van der Waals surface area contributed by atoms with Crippen molar-refractivity contribution in [3.63, 3.8) is 0 Å². The molecule has 2 aliphatic heterocycles. The number of benzene rings is 2. The van der Waals surface area contributed by atoms with Crippen LogP contribution in [0.15, 0.2) is 48.5 Å². The Hall–Kier alpha value is -2.28. The third-order valence-corrected chi connectivity index (χ3v) is 4.76. The van der Waals surface area contributed by atoms with Crippen molar-refractivity contribution in [3.8, 4) is 5.75 Å². The van der Waals surface area contributed by atoms with E-state index in [1.165, 1.54) is 0 Å². The molecule has 2 fully saturated rings. The lowest BCUT2D eigenvalue weighted by molar-refractivity contribution is -0.0190. The highest BCUT2D eigenvalue weighted by Gasteiger charge is 2.50. The zero-order valence-corrected chi connectivity index (χ0v) is 14.6. The van der Waals surface area contributed by atoms with Crippen molar-refractivity contribution in [2.45, 2.75) is 24.4 Å². The van der Waals surface area contributed by atoms with Gasteiger partial charge in [-0.3, -0.25) is 0 Å². The van der Waals surface area contributed by atoms with Crippen LogP contribution in [0.25, 0.3) is 0 Å². The number of carbonyl (C=O) groups is 1. The molecular weight excluding hydrogens is 358 g/mol. The Morgan fingerprint density at radius 1 is 1.04 bits per heavy atom. The monoisotopic (exact) mass is 375 g/mol. The molecule has 2 N–H and O–H groups in total. The van der Waals surface area contributed by atoms with E-state index in [1.54, 1.807) is 42.5 Å². The lowest BCUT2D eigenvalue weighted by Crippen LogP contribution is -2.36. The zero-order valence-electron chi connectivity index (χ0n) is 13.8. The van der Waals surface area contributed by atoms with Gasteiger partial charge in [0.1, 0.15) is 18.0 Å². The molecule has 0 spiro atoms. The summed E-state index contributed by atoms with van der Waals surface area (Å²) in [7, 11) is 0. The van der Waals surface area contributed by atoms with Crippen LogP contribution in [0.5, 0.6) is 5.75 Å². The molecule has 0 radical (unpaired) electrons. The van der Waals surface area contributed by atoms with Gasteiger partial charge in [0, 0.05) is 5.69 Å². The average molecular weight is 376 g/mol. The normalized spacial score (nSPS) is 27.1. The quantitative estimate of drug-likeness (QED) is 0.653. The fourth-order valence-electron chi connectivity index (χ4n) is 3.19. The topological polar surface area (TPSA) is 80.0 Å². The molecule has 2 heterocycles. The number of nitrogen functional groups attached to an aromatic ring is 1. The summed E-state index contributed by atoms with van der Waals surface area (Å²) in [5, 5.41) is 0.429. The second kappa shape index (κ2) is 7.15. The first-order valence-corrected chi connectivity index (χ1v) is 8.70. The molecule has 1 unspecified atom stereocenters. The number of halogens is 1. The molecule has 6 nitrogen and oxygen atoms in total. The predicted octanol–water partition coefficient (Wildman–Crippen LogP) is 2.69. The minimum atomic E-state index is -0.469. The summed E-state index contributed by atoms with van der Waals surface area (Å²) in [5.41, 5.74) is 6.75. The van der Waals surface area contributed by atoms with Crippen molar-refractivity contribution in [1.29, 1.82) is 0 Å². The first kappa shape index (κ1) is 17.1. The maximum absolute atomic E-state index is 12.2. The molecule has 0 aliphatic carbocycles. The number of anilines is 1. The molecule has 0 aromatic heterocycles. The van der Waals surface area contributed by atoms with E-state index in [0.717, 1.165) is 0 Å². The van der Waals surface area contributed by atoms with Gasteiger partial charge in [-0.2, -0.15) is 0 Å². The van der Waals surface area contributed by atoms with Gasteiger partial charge in [-0.05, 0) is 30.3 Å². The van der Waals surface area contributed by atoms with Crippen LogP contribution in [0.2, 0.25) is 5.02 Å². The molecule has 2 saturated heterocycles. The summed E-state index contributed by atoms with van der Waals surface area (Å²) in [6.45, 7) is 0.596. The van der Waals surface area contributed by atoms with Crippen molar-refractivity contribution in [1.82, 2.24) is 0 Å². The summed E-state index contributed by atoms with van der Waals surface area (Å²) >= 11 is 6.16. The molecule has 4 atom stereocenters. The summed E-state index contributed by atoms with van der Waals surface area (Å²) in [6.07, 6.45) is -1.48. The molecule has 0 bridgehead atoms. The SMILES string of the molecule is Nc1ccc(OC2CO[C@@H]3[C@@H](OC(=O)c4ccccc4)CO[C@H]23)c(Cl)c1. The van der Waals surface area contributed by atoms with Crippen LogP contribution in [-0.4, -0.2) is 43.6 Å². The molecular formula is C19H18ClNO5. The molecule has 4 rings (SSSR count). The Balaban J connectivity index is 1.40. The summed E-state index contributed by atoms with van der Waals surface area (Å²) in [6, 6.07) is 13.9. The number of hydrogen-bond donors (Lipinski definition) is 1. The number of rotatable bonds is 4. The van der Waals surface area contributed by atoms with Crippen LogP contribution in [0.1, 0.15) is 10.4 Å². The molecule has 2 aliphatic rings. The Morgan fingerprint density at radius 2 is 1.73 bits per heavy atom. The van der Waals surface area contributed by atoms with E-state index >= 15 is 0 Å². The Morgan fingerprint density at radius 3 is 2.46 bits per heavy atom. The predicted molar refractivity (Wildman–Crippen MR) is 95.4 cm³/mol. The highest BCUT2D eigenvalue weighted by atomic mass is 35.5. The van der Waals surface area contributed by atoms with Gasteiger partial charge in [-0.1, -0.05) is 29.8 Å². The van der Waals surface area contributed by atoms with Crippen molar-refractivity contribution in [2.75, 3.05) is 18.9 Å². The van der Waals surface area contributed by atoms with E-state index in [2.05, 4.69) is 0 Å². The second-order valence-corrected chi connectivity index (χ2v) is 6.66. The number of hydrogen-bond acceptors (Lipinski definition) is 6. The molecule has 0 saturated carbocycles. The third kappa shape index (κ3) is 3.35. The van der Waals surface area contributed by atoms with Crippen molar-refractivity contribution in [2.24, 2.45) is 0 Å². The average Bonchev–Trinajstić information content (AvgIpc) is 3.22. The molecule has 26 heavy (non-hydrogen) atoms. The van der Waals surface area contributed by atoms with Gasteiger partial charge in [-0.15, -0.1) is 0 Å². The zero-order chi connectivity index (χ0) is 18.1. The first-order chi connectivity index (χ1) is 12.6. The van der Waals surface area contributed by atoms with Crippen LogP contribution < -0.4 is 10.5 Å². The third-order valence-electron chi connectivity index (χ3n) is 4.46. The number of ether oxygens (including phenoxy) is 4. The number of esters is 1. The van der Waals surface area contributed by atoms with E-state index in [-0.39, 0.29) is 24.9 Å². The minimum absolute atomic E-state index is 0.267. The van der Waals surface area contributed by atoms with Gasteiger partial charge in [-0.25, -0.2) is 4.79 Å². The molecule has 7 heteroatoms. The number of carbonyl (C=O) groups excluding carboxylic acids is 1. The van der Waals surface area contributed by atoms with Gasteiger partial charge in [0.2, 0.25) is 0 Å². The first-order valence-electron chi connectivity index (χ1n) is 8.33. The maximum atomic E-state index is 12.2. The number of fused-ring (bicyclic) bond motifs is 1. The van der Waals surface area contributed by atoms with Gasteiger partial charge >= 0.3 is 5.97 Å². The lowest BCUT2D eigenvalue weighted by atomic mass is 10.1. The van der Waals surface area contributed by atoms with Gasteiger partial charge in [0.25, 0.3) is 0 Å². The van der Waals surface area contributed by atoms with Gasteiger partial charge < -0.3 is 24.7 Å². The molecule has 136 valence electrons. The van der Waals surface area contributed by atoms with Crippen molar-refractivity contribution < 1.29 is 23.7 Å².